The maximum atomic E-state index is 12.5. The Balaban J connectivity index is 1.76. The number of thiophene rings is 1. The van der Waals surface area contributed by atoms with Crippen molar-refractivity contribution in [3.63, 3.8) is 0 Å². The summed E-state index contributed by atoms with van der Waals surface area (Å²) in [6.45, 7) is 3.62. The van der Waals surface area contributed by atoms with Gasteiger partial charge >= 0.3 is 0 Å². The van der Waals surface area contributed by atoms with Crippen LogP contribution in [0.15, 0.2) is 70.3 Å². The molecule has 0 aliphatic heterocycles. The van der Waals surface area contributed by atoms with E-state index in [4.69, 9.17) is 0 Å². The zero-order chi connectivity index (χ0) is 20.3. The van der Waals surface area contributed by atoms with Gasteiger partial charge in [0.05, 0.1) is 4.90 Å². The molecule has 0 saturated heterocycles. The third-order valence-corrected chi connectivity index (χ3v) is 7.23. The third-order valence-electron chi connectivity index (χ3n) is 4.50. The quantitative estimate of drug-likeness (QED) is 0.636. The number of benzene rings is 2. The van der Waals surface area contributed by atoms with Crippen LogP contribution in [0.3, 0.4) is 0 Å². The molecule has 0 atom stereocenters. The van der Waals surface area contributed by atoms with Crippen molar-refractivity contribution < 1.29 is 13.2 Å². The maximum absolute atomic E-state index is 12.5. The SMILES string of the molecule is CC(C)N(C)S(=O)(=O)c1ccc(C(=O)Nc2cccc(-c3ccsc3)c2)cc1. The molecule has 1 aromatic heterocycles. The summed E-state index contributed by atoms with van der Waals surface area (Å²) in [7, 11) is -2.02. The van der Waals surface area contributed by atoms with Gasteiger partial charge in [0.2, 0.25) is 10.0 Å². The van der Waals surface area contributed by atoms with Gasteiger partial charge in [0.15, 0.2) is 0 Å². The molecule has 0 unspecified atom stereocenters. The van der Waals surface area contributed by atoms with Gasteiger partial charge in [-0.2, -0.15) is 15.6 Å². The number of nitrogens with zero attached hydrogens (tertiary/aromatic N) is 1. The van der Waals surface area contributed by atoms with Crippen LogP contribution in [0.2, 0.25) is 0 Å². The number of carbonyl (C=O) groups is 1. The zero-order valence-corrected chi connectivity index (χ0v) is 17.5. The van der Waals surface area contributed by atoms with E-state index in [1.165, 1.54) is 28.6 Å². The molecule has 146 valence electrons. The molecule has 2 aromatic carbocycles. The Morgan fingerprint density at radius 1 is 1.04 bits per heavy atom. The molecule has 0 aliphatic carbocycles. The average Bonchev–Trinajstić information content (AvgIpc) is 3.22. The fraction of sp³-hybridized carbons (Fsp3) is 0.190. The first-order valence-corrected chi connectivity index (χ1v) is 11.2. The maximum Gasteiger partial charge on any atom is 0.255 e. The standard InChI is InChI=1S/C21H22N2O3S2/c1-15(2)23(3)28(25,26)20-9-7-16(8-10-20)21(24)22-19-6-4-5-17(13-19)18-11-12-27-14-18/h4-15H,1-3H3,(H,22,24). The third kappa shape index (κ3) is 4.32. The highest BCUT2D eigenvalue weighted by atomic mass is 32.2. The Morgan fingerprint density at radius 3 is 2.36 bits per heavy atom. The lowest BCUT2D eigenvalue weighted by atomic mass is 10.1. The molecule has 3 rings (SSSR count). The molecular weight excluding hydrogens is 392 g/mol. The smallest absolute Gasteiger partial charge is 0.255 e. The number of anilines is 1. The van der Waals surface area contributed by atoms with Crippen molar-refractivity contribution in [2.75, 3.05) is 12.4 Å². The first-order valence-electron chi connectivity index (χ1n) is 8.81. The Kier molecular flexibility index (Phi) is 5.98. The Hall–Kier alpha value is -2.48. The highest BCUT2D eigenvalue weighted by Gasteiger charge is 2.23. The summed E-state index contributed by atoms with van der Waals surface area (Å²) >= 11 is 1.62. The summed E-state index contributed by atoms with van der Waals surface area (Å²) in [5.74, 6) is -0.288. The van der Waals surface area contributed by atoms with Crippen molar-refractivity contribution in [3.8, 4) is 11.1 Å². The minimum atomic E-state index is -3.57. The molecule has 3 aromatic rings. The van der Waals surface area contributed by atoms with E-state index in [1.807, 2.05) is 54.9 Å². The van der Waals surface area contributed by atoms with Gasteiger partial charge in [0.25, 0.3) is 5.91 Å². The van der Waals surface area contributed by atoms with Gasteiger partial charge < -0.3 is 5.32 Å². The summed E-state index contributed by atoms with van der Waals surface area (Å²) in [5.41, 5.74) is 3.21. The molecule has 28 heavy (non-hydrogen) atoms. The van der Waals surface area contributed by atoms with Crippen LogP contribution in [-0.2, 0) is 10.0 Å². The molecule has 0 saturated carbocycles. The van der Waals surface area contributed by atoms with Gasteiger partial charge in [0.1, 0.15) is 0 Å². The van der Waals surface area contributed by atoms with Gasteiger partial charge in [-0.05, 0) is 78.2 Å². The second kappa shape index (κ2) is 8.26. The van der Waals surface area contributed by atoms with E-state index >= 15 is 0 Å². The Morgan fingerprint density at radius 2 is 1.75 bits per heavy atom. The number of amides is 1. The second-order valence-corrected chi connectivity index (χ2v) is 9.46. The van der Waals surface area contributed by atoms with Crippen LogP contribution in [0.4, 0.5) is 5.69 Å². The number of carbonyl (C=O) groups excluding carboxylic acids is 1. The zero-order valence-electron chi connectivity index (χ0n) is 15.9. The van der Waals surface area contributed by atoms with Gasteiger partial charge in [-0.25, -0.2) is 8.42 Å². The molecule has 5 nitrogen and oxygen atoms in total. The average molecular weight is 415 g/mol. The first kappa shape index (κ1) is 20.3. The van der Waals surface area contributed by atoms with Crippen LogP contribution in [0.25, 0.3) is 11.1 Å². The highest BCUT2D eigenvalue weighted by molar-refractivity contribution is 7.89. The lowest BCUT2D eigenvalue weighted by Gasteiger charge is -2.21. The molecule has 0 radical (unpaired) electrons. The fourth-order valence-corrected chi connectivity index (χ4v) is 4.66. The van der Waals surface area contributed by atoms with Crippen LogP contribution in [0.1, 0.15) is 24.2 Å². The normalized spacial score (nSPS) is 11.8. The van der Waals surface area contributed by atoms with Gasteiger partial charge in [-0.3, -0.25) is 4.79 Å². The summed E-state index contributed by atoms with van der Waals surface area (Å²) in [6.07, 6.45) is 0. The molecule has 1 N–H and O–H groups in total. The predicted molar refractivity (Wildman–Crippen MR) is 114 cm³/mol. The summed E-state index contributed by atoms with van der Waals surface area (Å²) in [4.78, 5) is 12.7. The van der Waals surface area contributed by atoms with Crippen LogP contribution >= 0.6 is 11.3 Å². The lowest BCUT2D eigenvalue weighted by molar-refractivity contribution is 0.102. The largest absolute Gasteiger partial charge is 0.322 e. The fourth-order valence-electron chi connectivity index (χ4n) is 2.63. The molecule has 0 aliphatic rings. The summed E-state index contributed by atoms with van der Waals surface area (Å²) in [6, 6.07) is 15.5. The number of rotatable bonds is 6. The van der Waals surface area contributed by atoms with E-state index in [9.17, 15) is 13.2 Å². The highest BCUT2D eigenvalue weighted by Crippen LogP contribution is 2.25. The van der Waals surface area contributed by atoms with E-state index in [-0.39, 0.29) is 16.8 Å². The number of sulfonamides is 1. The number of hydrogen-bond donors (Lipinski definition) is 1. The number of hydrogen-bond acceptors (Lipinski definition) is 4. The topological polar surface area (TPSA) is 66.5 Å². The van der Waals surface area contributed by atoms with Crippen molar-refractivity contribution in [3.05, 3.63) is 70.9 Å². The summed E-state index contributed by atoms with van der Waals surface area (Å²) in [5, 5.41) is 6.92. The van der Waals surface area contributed by atoms with E-state index in [2.05, 4.69) is 5.32 Å². The van der Waals surface area contributed by atoms with E-state index in [0.29, 0.717) is 11.3 Å². The molecule has 0 fully saturated rings. The van der Waals surface area contributed by atoms with Crippen molar-refractivity contribution >= 4 is 33.0 Å². The van der Waals surface area contributed by atoms with Crippen LogP contribution in [-0.4, -0.2) is 31.7 Å². The second-order valence-electron chi connectivity index (χ2n) is 6.69. The minimum absolute atomic E-state index is 0.150. The molecule has 1 heterocycles. The predicted octanol–water partition coefficient (Wildman–Crippen LogP) is 4.70. The number of nitrogens with one attached hydrogen (secondary N) is 1. The van der Waals surface area contributed by atoms with Crippen LogP contribution in [0.5, 0.6) is 0 Å². The van der Waals surface area contributed by atoms with Crippen molar-refractivity contribution in [1.82, 2.24) is 4.31 Å². The molecular formula is C21H22N2O3S2. The van der Waals surface area contributed by atoms with E-state index < -0.39 is 10.0 Å². The first-order chi connectivity index (χ1) is 13.3. The molecule has 7 heteroatoms. The minimum Gasteiger partial charge on any atom is -0.322 e. The lowest BCUT2D eigenvalue weighted by Crippen LogP contribution is -2.33. The van der Waals surface area contributed by atoms with E-state index in [0.717, 1.165) is 11.1 Å². The summed E-state index contributed by atoms with van der Waals surface area (Å²) < 4.78 is 26.3. The van der Waals surface area contributed by atoms with Crippen LogP contribution in [0, 0.1) is 0 Å². The molecule has 0 bridgehead atoms. The Bertz CT molecular complexity index is 1060. The van der Waals surface area contributed by atoms with Crippen molar-refractivity contribution in [2.24, 2.45) is 0 Å². The van der Waals surface area contributed by atoms with Crippen molar-refractivity contribution in [2.45, 2.75) is 24.8 Å². The van der Waals surface area contributed by atoms with Crippen molar-refractivity contribution in [1.29, 1.82) is 0 Å². The van der Waals surface area contributed by atoms with Crippen LogP contribution < -0.4 is 5.32 Å². The van der Waals surface area contributed by atoms with Gasteiger partial charge in [-0.15, -0.1) is 0 Å². The molecule has 1 amide bonds. The van der Waals surface area contributed by atoms with Gasteiger partial charge in [-0.1, -0.05) is 12.1 Å². The monoisotopic (exact) mass is 414 g/mol. The van der Waals surface area contributed by atoms with Gasteiger partial charge in [0, 0.05) is 24.3 Å². The molecule has 0 spiro atoms. The Labute approximate surface area is 169 Å². The van der Waals surface area contributed by atoms with E-state index in [1.54, 1.807) is 18.4 Å².